The first-order valence-corrected chi connectivity index (χ1v) is 6.63. The van der Waals surface area contributed by atoms with E-state index in [0.29, 0.717) is 0 Å². The number of hydrogen-bond donors (Lipinski definition) is 1. The van der Waals surface area contributed by atoms with Gasteiger partial charge in [0.1, 0.15) is 0 Å². The quantitative estimate of drug-likeness (QED) is 0.909. The fraction of sp³-hybridized carbons (Fsp3) is 0.400. The number of rotatable bonds is 3. The van der Waals surface area contributed by atoms with Gasteiger partial charge in [0.25, 0.3) is 0 Å². The van der Waals surface area contributed by atoms with Gasteiger partial charge in [-0.2, -0.15) is 10.2 Å². The Bertz CT molecular complexity index is 410. The fourth-order valence-corrected chi connectivity index (χ4v) is 1.53. The molecule has 0 saturated heterocycles. The van der Waals surface area contributed by atoms with Crippen LogP contribution in [-0.4, -0.2) is 45.5 Å². The zero-order valence-electron chi connectivity index (χ0n) is 9.77. The van der Waals surface area contributed by atoms with Crippen molar-refractivity contribution < 1.29 is 0 Å². The van der Waals surface area contributed by atoms with E-state index in [1.165, 1.54) is 0 Å². The van der Waals surface area contributed by atoms with Crippen molar-refractivity contribution >= 4 is 31.9 Å². The Morgan fingerprint density at radius 3 is 2.41 bits per heavy atom. The maximum atomic E-state index is 4.13. The molecule has 0 aliphatic rings. The van der Waals surface area contributed by atoms with Gasteiger partial charge in [-0.05, 0) is 46.0 Å². The van der Waals surface area contributed by atoms with Gasteiger partial charge in [-0.25, -0.2) is 0 Å². The van der Waals surface area contributed by atoms with Crippen molar-refractivity contribution in [3.05, 3.63) is 33.7 Å². The molecule has 2 rings (SSSR count). The average molecular weight is 365 g/mol. The van der Waals surface area contributed by atoms with Crippen LogP contribution in [0.2, 0.25) is 0 Å². The van der Waals surface area contributed by atoms with Crippen molar-refractivity contribution in [3.63, 3.8) is 0 Å². The minimum absolute atomic E-state index is 0.943. The first-order valence-electron chi connectivity index (χ1n) is 5.05. The number of aromatic amines is 1. The Balaban J connectivity index is 0.000000202. The highest BCUT2D eigenvalue weighted by molar-refractivity contribution is 9.10. The van der Waals surface area contributed by atoms with Crippen molar-refractivity contribution in [2.45, 2.75) is 6.54 Å². The van der Waals surface area contributed by atoms with Crippen LogP contribution in [0.15, 0.2) is 33.7 Å². The van der Waals surface area contributed by atoms with Crippen molar-refractivity contribution in [1.82, 2.24) is 24.9 Å². The van der Waals surface area contributed by atoms with Gasteiger partial charge in [-0.1, -0.05) is 0 Å². The second kappa shape index (κ2) is 7.62. The van der Waals surface area contributed by atoms with Crippen LogP contribution in [-0.2, 0) is 6.54 Å². The van der Waals surface area contributed by atoms with E-state index >= 15 is 0 Å². The van der Waals surface area contributed by atoms with Gasteiger partial charge in [0, 0.05) is 18.9 Å². The molecule has 17 heavy (non-hydrogen) atoms. The lowest BCUT2D eigenvalue weighted by molar-refractivity contribution is 0.373. The van der Waals surface area contributed by atoms with Crippen LogP contribution >= 0.6 is 31.9 Å². The van der Waals surface area contributed by atoms with Crippen molar-refractivity contribution in [2.75, 3.05) is 20.6 Å². The summed E-state index contributed by atoms with van der Waals surface area (Å²) in [6, 6.07) is 0. The molecule has 1 N–H and O–H groups in total. The molecular weight excluding hydrogens is 350 g/mol. The van der Waals surface area contributed by atoms with Crippen LogP contribution in [0.3, 0.4) is 0 Å². The fourth-order valence-electron chi connectivity index (χ4n) is 0.998. The topological polar surface area (TPSA) is 49.7 Å². The molecule has 2 aromatic heterocycles. The Labute approximate surface area is 117 Å². The molecular formula is C10H15Br2N5. The van der Waals surface area contributed by atoms with Gasteiger partial charge < -0.3 is 4.90 Å². The maximum absolute atomic E-state index is 4.13. The number of H-pyrrole nitrogens is 1. The molecule has 2 aromatic rings. The molecule has 5 nitrogen and oxygen atoms in total. The van der Waals surface area contributed by atoms with Crippen LogP contribution in [0, 0.1) is 0 Å². The number of nitrogens with zero attached hydrogens (tertiary/aromatic N) is 4. The second-order valence-corrected chi connectivity index (χ2v) is 5.47. The Morgan fingerprint density at radius 1 is 1.29 bits per heavy atom. The van der Waals surface area contributed by atoms with Crippen LogP contribution in [0.4, 0.5) is 0 Å². The predicted molar refractivity (Wildman–Crippen MR) is 74.8 cm³/mol. The molecule has 94 valence electrons. The van der Waals surface area contributed by atoms with Gasteiger partial charge in [0.05, 0.1) is 27.9 Å². The van der Waals surface area contributed by atoms with E-state index in [1.807, 2.05) is 10.9 Å². The van der Waals surface area contributed by atoms with E-state index in [1.54, 1.807) is 18.6 Å². The number of likely N-dealkylation sites (N-methyl/N-ethyl adjacent to an activating group) is 1. The van der Waals surface area contributed by atoms with Crippen molar-refractivity contribution in [3.8, 4) is 0 Å². The molecule has 0 saturated carbocycles. The number of nitrogens with one attached hydrogen (secondary N) is 1. The molecule has 2 heterocycles. The minimum atomic E-state index is 0.943. The normalized spacial score (nSPS) is 10.2. The van der Waals surface area contributed by atoms with Crippen LogP contribution in [0.5, 0.6) is 0 Å². The summed E-state index contributed by atoms with van der Waals surface area (Å²) in [7, 11) is 4.11. The molecule has 0 fully saturated rings. The third-order valence-electron chi connectivity index (χ3n) is 1.84. The molecule has 0 aliphatic carbocycles. The number of halogens is 2. The zero-order valence-corrected chi connectivity index (χ0v) is 12.9. The van der Waals surface area contributed by atoms with Gasteiger partial charge in [-0.3, -0.25) is 9.78 Å². The summed E-state index contributed by atoms with van der Waals surface area (Å²) in [4.78, 5) is 2.13. The predicted octanol–water partition coefficient (Wildman–Crippen LogP) is 2.38. The van der Waals surface area contributed by atoms with Crippen LogP contribution in [0.25, 0.3) is 0 Å². The van der Waals surface area contributed by atoms with Gasteiger partial charge in [0.15, 0.2) is 0 Å². The summed E-state index contributed by atoms with van der Waals surface area (Å²) < 4.78 is 3.95. The second-order valence-electron chi connectivity index (χ2n) is 3.64. The van der Waals surface area contributed by atoms with E-state index < -0.39 is 0 Å². The monoisotopic (exact) mass is 363 g/mol. The van der Waals surface area contributed by atoms with Crippen LogP contribution < -0.4 is 0 Å². The van der Waals surface area contributed by atoms with Gasteiger partial charge >= 0.3 is 0 Å². The Hall–Kier alpha value is -0.660. The molecule has 0 bridgehead atoms. The largest absolute Gasteiger partial charge is 0.308 e. The first-order chi connectivity index (χ1) is 8.08. The molecule has 0 spiro atoms. The van der Waals surface area contributed by atoms with E-state index in [4.69, 9.17) is 0 Å². The van der Waals surface area contributed by atoms with Crippen LogP contribution in [0.1, 0.15) is 0 Å². The molecule has 7 heteroatoms. The minimum Gasteiger partial charge on any atom is -0.308 e. The number of hydrogen-bond acceptors (Lipinski definition) is 3. The number of aromatic nitrogens is 4. The maximum Gasteiger partial charge on any atom is 0.0632 e. The van der Waals surface area contributed by atoms with Crippen molar-refractivity contribution in [1.29, 1.82) is 0 Å². The Kier molecular flexibility index (Phi) is 6.46. The molecule has 0 aliphatic heterocycles. The smallest absolute Gasteiger partial charge is 0.0632 e. The zero-order chi connectivity index (χ0) is 12.7. The Morgan fingerprint density at radius 2 is 2.06 bits per heavy atom. The lowest BCUT2D eigenvalue weighted by Crippen LogP contribution is -2.18. The standard InChI is InChI=1S/C7H12BrN3.C3H3BrN2/c1-10(2)3-4-11-6-7(8)5-9-11;4-3-1-5-6-2-3/h5-6H,3-4H2,1-2H3;1-2H,(H,5,6). The molecule has 0 radical (unpaired) electrons. The van der Waals surface area contributed by atoms with E-state index in [2.05, 4.69) is 66.2 Å². The van der Waals surface area contributed by atoms with Gasteiger partial charge in [-0.15, -0.1) is 0 Å². The highest BCUT2D eigenvalue weighted by atomic mass is 79.9. The molecule has 0 aromatic carbocycles. The first kappa shape index (κ1) is 14.4. The van der Waals surface area contributed by atoms with Crippen molar-refractivity contribution in [2.24, 2.45) is 0 Å². The van der Waals surface area contributed by atoms with E-state index in [0.717, 1.165) is 22.0 Å². The summed E-state index contributed by atoms with van der Waals surface area (Å²) in [6.07, 6.45) is 7.24. The third kappa shape index (κ3) is 6.60. The lowest BCUT2D eigenvalue weighted by atomic mass is 10.6. The highest BCUT2D eigenvalue weighted by Crippen LogP contribution is 2.05. The summed E-state index contributed by atoms with van der Waals surface area (Å²) >= 11 is 6.53. The summed E-state index contributed by atoms with van der Waals surface area (Å²) in [6.45, 7) is 1.96. The SMILES string of the molecule is Brc1cn[nH]c1.CN(C)CCn1cc(Br)cn1. The molecule has 0 amide bonds. The lowest BCUT2D eigenvalue weighted by Gasteiger charge is -2.08. The molecule has 0 atom stereocenters. The third-order valence-corrected chi connectivity index (χ3v) is 2.69. The van der Waals surface area contributed by atoms with E-state index in [-0.39, 0.29) is 0 Å². The molecule has 0 unspecified atom stereocenters. The van der Waals surface area contributed by atoms with Gasteiger partial charge in [0.2, 0.25) is 0 Å². The highest BCUT2D eigenvalue weighted by Gasteiger charge is 1.94. The average Bonchev–Trinajstić information content (AvgIpc) is 2.88. The summed E-state index contributed by atoms with van der Waals surface area (Å²) in [5.41, 5.74) is 0. The summed E-state index contributed by atoms with van der Waals surface area (Å²) in [5.74, 6) is 0. The van der Waals surface area contributed by atoms with E-state index in [9.17, 15) is 0 Å². The summed E-state index contributed by atoms with van der Waals surface area (Å²) in [5, 5.41) is 10.4.